The predicted octanol–water partition coefficient (Wildman–Crippen LogP) is 2.34. The van der Waals surface area contributed by atoms with Crippen LogP contribution in [0.3, 0.4) is 0 Å². The molecule has 2 heterocycles. The van der Waals surface area contributed by atoms with Gasteiger partial charge < -0.3 is 14.6 Å². The van der Waals surface area contributed by atoms with Gasteiger partial charge in [0.2, 0.25) is 5.89 Å². The van der Waals surface area contributed by atoms with Gasteiger partial charge in [0.25, 0.3) is 0 Å². The van der Waals surface area contributed by atoms with E-state index in [0.717, 1.165) is 13.1 Å². The SMILES string of the molecule is CCC1(C)CCN(c2nnc(CNC3CC3)o2)CC1. The quantitative estimate of drug-likeness (QED) is 0.884. The van der Waals surface area contributed by atoms with Crippen molar-refractivity contribution < 1.29 is 4.42 Å². The van der Waals surface area contributed by atoms with E-state index in [4.69, 9.17) is 4.42 Å². The molecular formula is C14H24N4O. The van der Waals surface area contributed by atoms with Gasteiger partial charge in [-0.3, -0.25) is 0 Å². The Morgan fingerprint density at radius 1 is 1.32 bits per heavy atom. The second kappa shape index (κ2) is 5.12. The van der Waals surface area contributed by atoms with Crippen molar-refractivity contribution in [3.8, 4) is 0 Å². The van der Waals surface area contributed by atoms with E-state index in [1.807, 2.05) is 0 Å². The van der Waals surface area contributed by atoms with Crippen molar-refractivity contribution in [2.45, 2.75) is 58.5 Å². The van der Waals surface area contributed by atoms with Crippen molar-refractivity contribution in [3.63, 3.8) is 0 Å². The minimum atomic E-state index is 0.493. The Labute approximate surface area is 114 Å². The average molecular weight is 264 g/mol. The predicted molar refractivity (Wildman–Crippen MR) is 74.0 cm³/mol. The molecule has 1 aliphatic heterocycles. The summed E-state index contributed by atoms with van der Waals surface area (Å²) in [5.74, 6) is 0.714. The van der Waals surface area contributed by atoms with Crippen LogP contribution < -0.4 is 10.2 Å². The molecule has 0 spiro atoms. The number of aromatic nitrogens is 2. The summed E-state index contributed by atoms with van der Waals surface area (Å²) in [6.45, 7) is 7.43. The number of rotatable bonds is 5. The van der Waals surface area contributed by atoms with Crippen LogP contribution in [-0.2, 0) is 6.54 Å². The van der Waals surface area contributed by atoms with Gasteiger partial charge in [0, 0.05) is 19.1 Å². The molecule has 19 heavy (non-hydrogen) atoms. The molecule has 2 aliphatic rings. The van der Waals surface area contributed by atoms with Crippen LogP contribution in [0.2, 0.25) is 0 Å². The Morgan fingerprint density at radius 3 is 2.68 bits per heavy atom. The molecule has 1 saturated carbocycles. The minimum Gasteiger partial charge on any atom is -0.407 e. The minimum absolute atomic E-state index is 0.493. The van der Waals surface area contributed by atoms with Crippen LogP contribution in [0.25, 0.3) is 0 Å². The van der Waals surface area contributed by atoms with E-state index in [2.05, 4.69) is 34.3 Å². The Kier molecular flexibility index (Phi) is 3.48. The van der Waals surface area contributed by atoms with Gasteiger partial charge in [0.05, 0.1) is 6.54 Å². The van der Waals surface area contributed by atoms with Crippen molar-refractivity contribution in [2.75, 3.05) is 18.0 Å². The molecule has 1 aliphatic carbocycles. The van der Waals surface area contributed by atoms with Crippen LogP contribution in [0.5, 0.6) is 0 Å². The van der Waals surface area contributed by atoms with Crippen LogP contribution in [0.4, 0.5) is 6.01 Å². The molecule has 0 aromatic carbocycles. The molecule has 1 aromatic heterocycles. The fraction of sp³-hybridized carbons (Fsp3) is 0.857. The summed E-state index contributed by atoms with van der Waals surface area (Å²) in [6, 6.07) is 1.38. The number of nitrogens with one attached hydrogen (secondary N) is 1. The highest BCUT2D eigenvalue weighted by molar-refractivity contribution is 5.25. The number of nitrogens with zero attached hydrogens (tertiary/aromatic N) is 3. The summed E-state index contributed by atoms with van der Waals surface area (Å²) >= 11 is 0. The molecule has 0 radical (unpaired) electrons. The first-order valence-corrected chi connectivity index (χ1v) is 7.49. The zero-order valence-electron chi connectivity index (χ0n) is 12.0. The van der Waals surface area contributed by atoms with Crippen LogP contribution >= 0.6 is 0 Å². The highest BCUT2D eigenvalue weighted by atomic mass is 16.4. The normalized spacial score (nSPS) is 22.7. The van der Waals surface area contributed by atoms with Gasteiger partial charge in [-0.15, -0.1) is 5.10 Å². The molecule has 1 aromatic rings. The van der Waals surface area contributed by atoms with E-state index < -0.39 is 0 Å². The van der Waals surface area contributed by atoms with E-state index in [9.17, 15) is 0 Å². The highest BCUT2D eigenvalue weighted by Gasteiger charge is 2.30. The molecule has 5 heteroatoms. The molecule has 1 saturated heterocycles. The Balaban J connectivity index is 1.54. The zero-order valence-corrected chi connectivity index (χ0v) is 12.0. The molecular weight excluding hydrogens is 240 g/mol. The molecule has 0 unspecified atom stereocenters. The fourth-order valence-corrected chi connectivity index (χ4v) is 2.55. The molecule has 0 bridgehead atoms. The Hall–Kier alpha value is -1.10. The summed E-state index contributed by atoms with van der Waals surface area (Å²) in [7, 11) is 0. The van der Waals surface area contributed by atoms with E-state index in [1.165, 1.54) is 32.1 Å². The number of hydrogen-bond donors (Lipinski definition) is 1. The third kappa shape index (κ3) is 3.08. The smallest absolute Gasteiger partial charge is 0.318 e. The van der Waals surface area contributed by atoms with Crippen LogP contribution in [-0.4, -0.2) is 29.3 Å². The van der Waals surface area contributed by atoms with Gasteiger partial charge in [0.1, 0.15) is 0 Å². The van der Waals surface area contributed by atoms with Gasteiger partial charge >= 0.3 is 6.01 Å². The largest absolute Gasteiger partial charge is 0.407 e. The van der Waals surface area contributed by atoms with Gasteiger partial charge in [-0.05, 0) is 31.1 Å². The summed E-state index contributed by atoms with van der Waals surface area (Å²) in [5.41, 5.74) is 0.493. The monoisotopic (exact) mass is 264 g/mol. The lowest BCUT2D eigenvalue weighted by molar-refractivity contribution is 0.233. The Bertz CT molecular complexity index is 419. The zero-order chi connectivity index (χ0) is 13.3. The maximum Gasteiger partial charge on any atom is 0.318 e. The van der Waals surface area contributed by atoms with Gasteiger partial charge in [-0.25, -0.2) is 0 Å². The third-order valence-corrected chi connectivity index (χ3v) is 4.67. The summed E-state index contributed by atoms with van der Waals surface area (Å²) < 4.78 is 5.74. The molecule has 106 valence electrons. The lowest BCUT2D eigenvalue weighted by Gasteiger charge is -2.37. The van der Waals surface area contributed by atoms with Crippen LogP contribution in [0.15, 0.2) is 4.42 Å². The summed E-state index contributed by atoms with van der Waals surface area (Å²) in [6.07, 6.45) is 6.23. The highest BCUT2D eigenvalue weighted by Crippen LogP contribution is 2.35. The van der Waals surface area contributed by atoms with Gasteiger partial charge in [-0.2, -0.15) is 0 Å². The molecule has 0 atom stereocenters. The molecule has 5 nitrogen and oxygen atoms in total. The maximum atomic E-state index is 5.74. The molecule has 2 fully saturated rings. The molecule has 0 amide bonds. The standard InChI is InChI=1S/C14H24N4O/c1-3-14(2)6-8-18(9-7-14)13-17-16-12(19-13)10-15-11-4-5-11/h11,15H,3-10H2,1-2H3. The van der Waals surface area contributed by atoms with Crippen molar-refractivity contribution in [3.05, 3.63) is 5.89 Å². The van der Waals surface area contributed by atoms with Crippen LogP contribution in [0, 0.1) is 5.41 Å². The Morgan fingerprint density at radius 2 is 2.05 bits per heavy atom. The first-order chi connectivity index (χ1) is 9.18. The van der Waals surface area contributed by atoms with Crippen LogP contribution in [0.1, 0.15) is 51.8 Å². The third-order valence-electron chi connectivity index (χ3n) is 4.67. The fourth-order valence-electron chi connectivity index (χ4n) is 2.55. The van der Waals surface area contributed by atoms with Crippen molar-refractivity contribution in [1.82, 2.24) is 15.5 Å². The maximum absolute atomic E-state index is 5.74. The average Bonchev–Trinajstić information content (AvgIpc) is 3.15. The summed E-state index contributed by atoms with van der Waals surface area (Å²) in [5, 5.41) is 11.7. The topological polar surface area (TPSA) is 54.2 Å². The number of hydrogen-bond acceptors (Lipinski definition) is 5. The van der Waals surface area contributed by atoms with Crippen molar-refractivity contribution in [1.29, 1.82) is 0 Å². The summed E-state index contributed by atoms with van der Waals surface area (Å²) in [4.78, 5) is 2.23. The van der Waals surface area contributed by atoms with E-state index >= 15 is 0 Å². The lowest BCUT2D eigenvalue weighted by Crippen LogP contribution is -2.38. The molecule has 3 rings (SSSR count). The van der Waals surface area contributed by atoms with Crippen molar-refractivity contribution >= 4 is 6.01 Å². The first kappa shape index (κ1) is 12.9. The second-order valence-corrected chi connectivity index (χ2v) is 6.28. The van der Waals surface area contributed by atoms with Crippen molar-refractivity contribution in [2.24, 2.45) is 5.41 Å². The number of anilines is 1. The second-order valence-electron chi connectivity index (χ2n) is 6.28. The van der Waals surface area contributed by atoms with Gasteiger partial charge in [0.15, 0.2) is 0 Å². The van der Waals surface area contributed by atoms with E-state index in [0.29, 0.717) is 29.9 Å². The van der Waals surface area contributed by atoms with E-state index in [1.54, 1.807) is 0 Å². The lowest BCUT2D eigenvalue weighted by atomic mass is 9.78. The van der Waals surface area contributed by atoms with Gasteiger partial charge in [-0.1, -0.05) is 25.4 Å². The van der Waals surface area contributed by atoms with E-state index in [-0.39, 0.29) is 0 Å². The number of piperidine rings is 1. The first-order valence-electron chi connectivity index (χ1n) is 7.49. The molecule has 1 N–H and O–H groups in total.